The first kappa shape index (κ1) is 21.9. The monoisotopic (exact) mass is 530 g/mol. The van der Waals surface area contributed by atoms with Gasteiger partial charge in [0.2, 0.25) is 0 Å². The van der Waals surface area contributed by atoms with Gasteiger partial charge in [-0.05, 0) is 54.6 Å². The molecule has 6 aromatic carbocycles. The zero-order valence-corrected chi connectivity index (χ0v) is 22.3. The maximum Gasteiger partial charge on any atom is 0.150 e. The molecule has 0 atom stereocenters. The van der Waals surface area contributed by atoms with Gasteiger partial charge in [0.1, 0.15) is 5.58 Å². The average Bonchev–Trinajstić information content (AvgIpc) is 3.66. The summed E-state index contributed by atoms with van der Waals surface area (Å²) in [7, 11) is 0. The summed E-state index contributed by atoms with van der Waals surface area (Å²) >= 11 is 4.75. The lowest BCUT2D eigenvalue weighted by Crippen LogP contribution is -1.96. The van der Waals surface area contributed by atoms with Gasteiger partial charge in [-0.15, -0.1) is 12.6 Å². The fourth-order valence-corrected chi connectivity index (χ4v) is 6.78. The molecule has 0 saturated heterocycles. The van der Waals surface area contributed by atoms with E-state index in [2.05, 4.69) is 118 Å². The Morgan fingerprint density at radius 3 is 1.73 bits per heavy atom. The van der Waals surface area contributed by atoms with E-state index in [9.17, 15) is 0 Å². The predicted molar refractivity (Wildman–Crippen MR) is 170 cm³/mol. The van der Waals surface area contributed by atoms with Crippen LogP contribution in [0.1, 0.15) is 0 Å². The first-order chi connectivity index (χ1) is 19.8. The summed E-state index contributed by atoms with van der Waals surface area (Å²) in [5.74, 6) is 0. The zero-order chi connectivity index (χ0) is 26.4. The molecule has 0 aliphatic heterocycles. The van der Waals surface area contributed by atoms with Crippen LogP contribution in [-0.4, -0.2) is 9.13 Å². The van der Waals surface area contributed by atoms with Crippen LogP contribution < -0.4 is 0 Å². The van der Waals surface area contributed by atoms with Crippen molar-refractivity contribution in [2.45, 2.75) is 4.90 Å². The molecule has 3 heterocycles. The van der Waals surface area contributed by atoms with Gasteiger partial charge in [-0.2, -0.15) is 0 Å². The van der Waals surface area contributed by atoms with E-state index in [1.54, 1.807) is 0 Å². The number of hydrogen-bond acceptors (Lipinski definition) is 2. The van der Waals surface area contributed by atoms with Crippen LogP contribution in [0.4, 0.5) is 0 Å². The van der Waals surface area contributed by atoms with Gasteiger partial charge >= 0.3 is 0 Å². The van der Waals surface area contributed by atoms with Gasteiger partial charge in [-0.3, -0.25) is 0 Å². The van der Waals surface area contributed by atoms with E-state index >= 15 is 0 Å². The van der Waals surface area contributed by atoms with Crippen molar-refractivity contribution in [1.29, 1.82) is 0 Å². The number of para-hydroxylation sites is 4. The summed E-state index contributed by atoms with van der Waals surface area (Å²) in [6, 6.07) is 45.3. The summed E-state index contributed by atoms with van der Waals surface area (Å²) in [5, 5.41) is 7.14. The molecular formula is C36H22N2OS. The molecule has 4 heteroatoms. The molecule has 0 amide bonds. The van der Waals surface area contributed by atoms with E-state index in [0.717, 1.165) is 49.2 Å². The summed E-state index contributed by atoms with van der Waals surface area (Å²) in [4.78, 5) is 0.837. The lowest BCUT2D eigenvalue weighted by Gasteiger charge is -2.12. The van der Waals surface area contributed by atoms with E-state index < -0.39 is 0 Å². The third-order valence-corrected chi connectivity index (χ3v) is 8.57. The van der Waals surface area contributed by atoms with Crippen molar-refractivity contribution in [2.24, 2.45) is 0 Å². The normalized spacial score (nSPS) is 12.1. The molecule has 9 rings (SSSR count). The van der Waals surface area contributed by atoms with Crippen molar-refractivity contribution >= 4 is 78.2 Å². The minimum Gasteiger partial charge on any atom is -0.455 e. The minimum atomic E-state index is 0.815. The Kier molecular flexibility index (Phi) is 4.41. The van der Waals surface area contributed by atoms with Crippen LogP contribution in [0.5, 0.6) is 0 Å². The largest absolute Gasteiger partial charge is 0.455 e. The van der Waals surface area contributed by atoms with Crippen molar-refractivity contribution in [1.82, 2.24) is 9.13 Å². The van der Waals surface area contributed by atoms with E-state index in [1.165, 1.54) is 32.6 Å². The Labute approximate surface area is 234 Å². The Morgan fingerprint density at radius 1 is 0.475 bits per heavy atom. The van der Waals surface area contributed by atoms with Crippen LogP contribution in [0.15, 0.2) is 137 Å². The van der Waals surface area contributed by atoms with Crippen LogP contribution >= 0.6 is 12.6 Å². The lowest BCUT2D eigenvalue weighted by molar-refractivity contribution is 0.660. The topological polar surface area (TPSA) is 23.0 Å². The first-order valence-electron chi connectivity index (χ1n) is 13.4. The number of nitrogens with zero attached hydrogens (tertiary/aromatic N) is 2. The van der Waals surface area contributed by atoms with Crippen molar-refractivity contribution in [3.05, 3.63) is 127 Å². The second kappa shape index (κ2) is 8.04. The van der Waals surface area contributed by atoms with E-state index in [4.69, 9.17) is 17.0 Å². The third kappa shape index (κ3) is 2.86. The smallest absolute Gasteiger partial charge is 0.150 e. The van der Waals surface area contributed by atoms with Crippen LogP contribution in [0.2, 0.25) is 0 Å². The highest BCUT2D eigenvalue weighted by Gasteiger charge is 2.20. The molecule has 0 fully saturated rings. The second-order valence-electron chi connectivity index (χ2n) is 10.3. The molecule has 0 aliphatic rings. The quantitative estimate of drug-likeness (QED) is 0.221. The van der Waals surface area contributed by atoms with Crippen LogP contribution in [0.25, 0.3) is 76.9 Å². The van der Waals surface area contributed by atoms with Gasteiger partial charge in [-0.25, -0.2) is 0 Å². The van der Waals surface area contributed by atoms with Gasteiger partial charge in [-0.1, -0.05) is 72.8 Å². The van der Waals surface area contributed by atoms with Crippen molar-refractivity contribution in [2.75, 3.05) is 0 Å². The average molecular weight is 531 g/mol. The second-order valence-corrected chi connectivity index (χ2v) is 10.8. The zero-order valence-electron chi connectivity index (χ0n) is 21.4. The van der Waals surface area contributed by atoms with E-state index in [-0.39, 0.29) is 0 Å². The van der Waals surface area contributed by atoms with Gasteiger partial charge in [0.05, 0.1) is 33.1 Å². The summed E-state index contributed by atoms with van der Waals surface area (Å²) < 4.78 is 11.1. The van der Waals surface area contributed by atoms with Gasteiger partial charge in [0.15, 0.2) is 5.58 Å². The maximum absolute atomic E-state index is 6.30. The van der Waals surface area contributed by atoms with Gasteiger partial charge in [0.25, 0.3) is 0 Å². The van der Waals surface area contributed by atoms with Crippen molar-refractivity contribution in [3.63, 3.8) is 0 Å². The fourth-order valence-electron chi connectivity index (χ4n) is 6.54. The number of thiol groups is 1. The van der Waals surface area contributed by atoms with Crippen LogP contribution in [0, 0.1) is 0 Å². The molecule has 3 aromatic heterocycles. The molecule has 0 aliphatic carbocycles. The lowest BCUT2D eigenvalue weighted by atomic mass is 10.1. The maximum atomic E-state index is 6.30. The van der Waals surface area contributed by atoms with Crippen molar-refractivity contribution < 1.29 is 4.42 Å². The molecule has 40 heavy (non-hydrogen) atoms. The Balaban J connectivity index is 1.40. The van der Waals surface area contributed by atoms with E-state index in [0.29, 0.717) is 0 Å². The van der Waals surface area contributed by atoms with Gasteiger partial charge in [0, 0.05) is 37.5 Å². The molecule has 0 saturated carbocycles. The molecule has 188 valence electrons. The highest BCUT2D eigenvalue weighted by atomic mass is 32.1. The summed E-state index contributed by atoms with van der Waals surface area (Å²) in [5.41, 5.74) is 8.67. The Morgan fingerprint density at radius 2 is 1.02 bits per heavy atom. The van der Waals surface area contributed by atoms with E-state index in [1.807, 2.05) is 18.2 Å². The molecule has 0 bridgehead atoms. The SMILES string of the molecule is Sc1ccc(-n2c3ccccc3c3cc(-n4c5ccccc5c5ccccc54)ccc32)c2c1oc1ccccc12. The molecular weight excluding hydrogens is 508 g/mol. The number of hydrogen-bond donors (Lipinski definition) is 1. The highest BCUT2D eigenvalue weighted by molar-refractivity contribution is 7.80. The molecule has 3 nitrogen and oxygen atoms in total. The minimum absolute atomic E-state index is 0.815. The molecule has 9 aromatic rings. The predicted octanol–water partition coefficient (Wildman–Crippen LogP) is 10.1. The molecule has 0 spiro atoms. The summed E-state index contributed by atoms with van der Waals surface area (Å²) in [6.45, 7) is 0. The molecule has 0 unspecified atom stereocenters. The Bertz CT molecular complexity index is 2400. The Hall–Kier alpha value is -4.93. The number of furan rings is 1. The van der Waals surface area contributed by atoms with Crippen LogP contribution in [0.3, 0.4) is 0 Å². The number of aromatic nitrogens is 2. The van der Waals surface area contributed by atoms with Crippen LogP contribution in [-0.2, 0) is 0 Å². The number of rotatable bonds is 2. The highest BCUT2D eigenvalue weighted by Crippen LogP contribution is 2.41. The fraction of sp³-hybridized carbons (Fsp3) is 0. The summed E-state index contributed by atoms with van der Waals surface area (Å²) in [6.07, 6.45) is 0. The van der Waals surface area contributed by atoms with Gasteiger partial charge < -0.3 is 13.6 Å². The molecule has 0 N–H and O–H groups in total. The van der Waals surface area contributed by atoms with Crippen molar-refractivity contribution in [3.8, 4) is 11.4 Å². The number of benzene rings is 6. The third-order valence-electron chi connectivity index (χ3n) is 8.22. The number of fused-ring (bicyclic) bond motifs is 9. The first-order valence-corrected chi connectivity index (χ1v) is 13.9. The molecule has 0 radical (unpaired) electrons. The standard InChI is InChI=1S/C36H22N2OS/c40-34-20-19-32(35-26-12-4-8-16-33(26)39-36(34)35)38-30-15-7-3-11-25(30)27-21-22(17-18-31(27)38)37-28-13-5-1-9-23(28)24-10-2-6-14-29(24)37/h1-21,40H.